The van der Waals surface area contributed by atoms with Gasteiger partial charge >= 0.3 is 23.3 Å². The van der Waals surface area contributed by atoms with Crippen LogP contribution in [0.1, 0.15) is 25.7 Å². The second-order valence-electron chi connectivity index (χ2n) is 6.49. The van der Waals surface area contributed by atoms with Gasteiger partial charge in [0, 0.05) is 25.0 Å². The number of ether oxygens (including phenoxy) is 2. The van der Waals surface area contributed by atoms with Crippen molar-refractivity contribution in [3.05, 3.63) is 76.9 Å². The van der Waals surface area contributed by atoms with E-state index < -0.39 is 65.9 Å². The molecule has 34 heavy (non-hydrogen) atoms. The van der Waals surface area contributed by atoms with E-state index in [4.69, 9.17) is 9.47 Å². The average molecular weight is 478 g/mol. The minimum Gasteiger partial charge on any atom is -0.419 e. The van der Waals surface area contributed by atoms with E-state index in [1.165, 1.54) is 0 Å². The fourth-order valence-corrected chi connectivity index (χ4v) is 2.58. The smallest absolute Gasteiger partial charge is 0.318 e. The molecule has 0 heterocycles. The monoisotopic (exact) mass is 478 g/mol. The van der Waals surface area contributed by atoms with Crippen molar-refractivity contribution in [3.8, 4) is 11.5 Å². The van der Waals surface area contributed by atoms with Gasteiger partial charge in [0.15, 0.2) is 0 Å². The van der Waals surface area contributed by atoms with Gasteiger partial charge in [-0.15, -0.1) is 0 Å². The number of nitro groups is 4. The summed E-state index contributed by atoms with van der Waals surface area (Å²) in [7, 11) is 0. The maximum Gasteiger partial charge on any atom is 0.318 e. The highest BCUT2D eigenvalue weighted by atomic mass is 16.6. The van der Waals surface area contributed by atoms with Crippen molar-refractivity contribution >= 4 is 34.7 Å². The summed E-state index contributed by atoms with van der Waals surface area (Å²) in [5.74, 6) is -2.75. The first-order chi connectivity index (χ1) is 16.0. The van der Waals surface area contributed by atoms with E-state index in [0.717, 1.165) is 24.3 Å². The number of hydrogen-bond acceptors (Lipinski definition) is 12. The number of nitrogens with zero attached hydrogens (tertiary/aromatic N) is 4. The normalized spacial score (nSPS) is 10.2. The van der Waals surface area contributed by atoms with Crippen LogP contribution in [-0.2, 0) is 9.59 Å². The highest BCUT2D eigenvalue weighted by molar-refractivity contribution is 5.75. The van der Waals surface area contributed by atoms with E-state index >= 15 is 0 Å². The summed E-state index contributed by atoms with van der Waals surface area (Å²) < 4.78 is 9.73. The molecule has 2 rings (SSSR count). The molecule has 2 aromatic carbocycles. The largest absolute Gasteiger partial charge is 0.419 e. The number of non-ortho nitro benzene ring substituents is 2. The lowest BCUT2D eigenvalue weighted by atomic mass is 10.2. The molecule has 2 aromatic rings. The molecule has 16 nitrogen and oxygen atoms in total. The van der Waals surface area contributed by atoms with Crippen molar-refractivity contribution in [2.45, 2.75) is 25.7 Å². The summed E-state index contributed by atoms with van der Waals surface area (Å²) in [6.45, 7) is 0. The SMILES string of the molecule is O=C(CCCCC(=O)Oc1ccc([N+](=O)[O-])cc1[N+](=O)[O-])Oc1ccc([N+](=O)[O-])cc1[N+](=O)[O-]. The minimum absolute atomic E-state index is 0.0804. The maximum absolute atomic E-state index is 11.9. The van der Waals surface area contributed by atoms with Crippen LogP contribution in [0, 0.1) is 40.5 Å². The zero-order valence-electron chi connectivity index (χ0n) is 17.0. The van der Waals surface area contributed by atoms with Crippen LogP contribution in [0.4, 0.5) is 22.7 Å². The lowest BCUT2D eigenvalue weighted by Crippen LogP contribution is -2.11. The summed E-state index contributed by atoms with van der Waals surface area (Å²) in [5, 5.41) is 43.5. The third kappa shape index (κ3) is 6.74. The van der Waals surface area contributed by atoms with Gasteiger partial charge in [0.25, 0.3) is 11.4 Å². The van der Waals surface area contributed by atoms with Crippen molar-refractivity contribution in [2.24, 2.45) is 0 Å². The van der Waals surface area contributed by atoms with Gasteiger partial charge in [0.1, 0.15) is 0 Å². The van der Waals surface area contributed by atoms with Crippen molar-refractivity contribution in [1.82, 2.24) is 0 Å². The van der Waals surface area contributed by atoms with E-state index in [9.17, 15) is 50.0 Å². The van der Waals surface area contributed by atoms with Crippen molar-refractivity contribution in [1.29, 1.82) is 0 Å². The van der Waals surface area contributed by atoms with Gasteiger partial charge in [-0.05, 0) is 25.0 Å². The summed E-state index contributed by atoms with van der Waals surface area (Å²) in [6.07, 6.45) is -0.369. The molecule has 0 spiro atoms. The molecule has 0 aliphatic rings. The topological polar surface area (TPSA) is 225 Å². The second kappa shape index (κ2) is 11.0. The predicted octanol–water partition coefficient (Wildman–Crippen LogP) is 3.39. The fraction of sp³-hybridized carbons (Fsp3) is 0.222. The van der Waals surface area contributed by atoms with Crippen LogP contribution in [0.15, 0.2) is 36.4 Å². The molecule has 0 atom stereocenters. The first-order valence-corrected chi connectivity index (χ1v) is 9.26. The molecule has 0 saturated heterocycles. The molecule has 0 unspecified atom stereocenters. The number of nitro benzene ring substituents is 4. The molecule has 178 valence electrons. The Kier molecular flexibility index (Phi) is 8.19. The fourth-order valence-electron chi connectivity index (χ4n) is 2.58. The molecule has 0 radical (unpaired) electrons. The zero-order valence-corrected chi connectivity index (χ0v) is 17.0. The Morgan fingerprint density at radius 2 is 0.971 bits per heavy atom. The molecular weight excluding hydrogens is 464 g/mol. The maximum atomic E-state index is 11.9. The van der Waals surface area contributed by atoms with Gasteiger partial charge in [-0.3, -0.25) is 50.0 Å². The van der Waals surface area contributed by atoms with Crippen LogP contribution in [0.5, 0.6) is 11.5 Å². The van der Waals surface area contributed by atoms with Crippen LogP contribution in [-0.4, -0.2) is 31.6 Å². The van der Waals surface area contributed by atoms with Crippen LogP contribution >= 0.6 is 0 Å². The molecule has 0 bridgehead atoms. The summed E-state index contributed by atoms with van der Waals surface area (Å²) in [4.78, 5) is 63.8. The molecule has 0 aliphatic heterocycles. The van der Waals surface area contributed by atoms with Crippen molar-refractivity contribution in [3.63, 3.8) is 0 Å². The predicted molar refractivity (Wildman–Crippen MR) is 109 cm³/mol. The molecular formula is C18H14N4O12. The number of unbranched alkanes of at least 4 members (excludes halogenated alkanes) is 1. The van der Waals surface area contributed by atoms with Gasteiger partial charge < -0.3 is 9.47 Å². The molecule has 0 fully saturated rings. The zero-order chi connectivity index (χ0) is 25.4. The van der Waals surface area contributed by atoms with E-state index in [1.54, 1.807) is 0 Å². The summed E-state index contributed by atoms with van der Waals surface area (Å²) in [5.41, 5.74) is -2.65. The summed E-state index contributed by atoms with van der Waals surface area (Å²) in [6, 6.07) is 5.00. The molecule has 0 N–H and O–H groups in total. The number of carbonyl (C=O) groups is 2. The molecule has 0 aromatic heterocycles. The van der Waals surface area contributed by atoms with Crippen LogP contribution in [0.2, 0.25) is 0 Å². The number of esters is 2. The number of rotatable bonds is 11. The second-order valence-corrected chi connectivity index (χ2v) is 6.49. The highest BCUT2D eigenvalue weighted by Gasteiger charge is 2.24. The molecule has 16 heteroatoms. The number of hydrogen-bond donors (Lipinski definition) is 0. The Bertz CT molecular complexity index is 1090. The summed E-state index contributed by atoms with van der Waals surface area (Å²) >= 11 is 0. The lowest BCUT2D eigenvalue weighted by Gasteiger charge is -2.06. The first-order valence-electron chi connectivity index (χ1n) is 9.26. The van der Waals surface area contributed by atoms with E-state index in [0.29, 0.717) is 12.1 Å². The van der Waals surface area contributed by atoms with Gasteiger partial charge in [0.2, 0.25) is 11.5 Å². The van der Waals surface area contributed by atoms with Gasteiger partial charge in [-0.1, -0.05) is 0 Å². The quantitative estimate of drug-likeness (QED) is 0.149. The van der Waals surface area contributed by atoms with Crippen LogP contribution in [0.25, 0.3) is 0 Å². The van der Waals surface area contributed by atoms with E-state index in [-0.39, 0.29) is 25.7 Å². The van der Waals surface area contributed by atoms with Crippen molar-refractivity contribution in [2.75, 3.05) is 0 Å². The Hall–Kier alpha value is -5.02. The Labute approximate surface area is 188 Å². The van der Waals surface area contributed by atoms with Gasteiger partial charge in [-0.2, -0.15) is 0 Å². The Morgan fingerprint density at radius 3 is 1.26 bits per heavy atom. The Morgan fingerprint density at radius 1 is 0.618 bits per heavy atom. The van der Waals surface area contributed by atoms with Gasteiger partial charge in [0.05, 0.1) is 31.8 Å². The third-order valence-electron chi connectivity index (χ3n) is 4.16. The van der Waals surface area contributed by atoms with E-state index in [1.807, 2.05) is 0 Å². The lowest BCUT2D eigenvalue weighted by molar-refractivity contribution is -0.394. The molecule has 0 amide bonds. The minimum atomic E-state index is -0.941. The Balaban J connectivity index is 1.88. The average Bonchev–Trinajstić information content (AvgIpc) is 2.76. The molecule has 0 saturated carbocycles. The molecule has 0 aliphatic carbocycles. The van der Waals surface area contributed by atoms with Crippen LogP contribution < -0.4 is 9.47 Å². The van der Waals surface area contributed by atoms with Crippen LogP contribution in [0.3, 0.4) is 0 Å². The van der Waals surface area contributed by atoms with E-state index in [2.05, 4.69) is 0 Å². The third-order valence-corrected chi connectivity index (χ3v) is 4.16. The van der Waals surface area contributed by atoms with Crippen molar-refractivity contribution < 1.29 is 38.8 Å². The number of carbonyl (C=O) groups excluding carboxylic acids is 2. The first kappa shape index (κ1) is 25.2. The highest BCUT2D eigenvalue weighted by Crippen LogP contribution is 2.32. The number of benzene rings is 2. The van der Waals surface area contributed by atoms with Gasteiger partial charge in [-0.25, -0.2) is 0 Å². The standard InChI is InChI=1S/C18H14N4O12/c23-17(33-15-7-5-11(19(25)26)9-13(15)21(29)30)3-1-2-4-18(24)34-16-8-6-12(20(27)28)10-14(16)22(31)32/h5-10H,1-4H2.